The molecule has 0 saturated heterocycles. The molecule has 2 N–H and O–H groups in total. The van der Waals surface area contributed by atoms with Gasteiger partial charge in [-0.25, -0.2) is 0 Å². The van der Waals surface area contributed by atoms with Crippen LogP contribution in [0.15, 0.2) is 65.1 Å². The zero-order chi connectivity index (χ0) is 14.8. The Morgan fingerprint density at radius 1 is 0.810 bits per heavy atom. The number of furan rings is 1. The van der Waals surface area contributed by atoms with Crippen molar-refractivity contribution in [2.45, 2.75) is 0 Å². The maximum absolute atomic E-state index is 10.6. The van der Waals surface area contributed by atoms with E-state index in [-0.39, 0.29) is 5.69 Å². The van der Waals surface area contributed by atoms with Crippen LogP contribution in [-0.4, -0.2) is 4.92 Å². The van der Waals surface area contributed by atoms with Crippen molar-refractivity contribution >= 4 is 11.4 Å². The molecule has 5 heteroatoms. The first kappa shape index (κ1) is 12.9. The molecule has 0 amide bonds. The van der Waals surface area contributed by atoms with E-state index in [0.29, 0.717) is 11.4 Å². The van der Waals surface area contributed by atoms with Crippen LogP contribution >= 0.6 is 0 Å². The van der Waals surface area contributed by atoms with Gasteiger partial charge in [0.05, 0.1) is 4.92 Å². The molecule has 0 aliphatic heterocycles. The standard InChI is InChI=1S/C16H12N2O3/c17-13-5-1-11(2-6-13)15-9-10-16(21-15)12-3-7-14(8-4-12)18(19)20/h1-10H,17H2. The zero-order valence-corrected chi connectivity index (χ0v) is 11.0. The summed E-state index contributed by atoms with van der Waals surface area (Å²) in [5.74, 6) is 1.39. The summed E-state index contributed by atoms with van der Waals surface area (Å²) in [5.41, 5.74) is 8.13. The van der Waals surface area contributed by atoms with Crippen LogP contribution in [0.2, 0.25) is 0 Å². The summed E-state index contributed by atoms with van der Waals surface area (Å²) in [7, 11) is 0. The molecule has 0 unspecified atom stereocenters. The van der Waals surface area contributed by atoms with Gasteiger partial charge in [-0.15, -0.1) is 0 Å². The quantitative estimate of drug-likeness (QED) is 0.444. The van der Waals surface area contributed by atoms with E-state index in [0.717, 1.165) is 16.9 Å². The molecule has 0 spiro atoms. The van der Waals surface area contributed by atoms with Crippen molar-refractivity contribution in [1.82, 2.24) is 0 Å². The Labute approximate surface area is 120 Å². The van der Waals surface area contributed by atoms with E-state index in [1.54, 1.807) is 12.1 Å². The highest BCUT2D eigenvalue weighted by Gasteiger charge is 2.09. The van der Waals surface area contributed by atoms with Crippen molar-refractivity contribution in [3.8, 4) is 22.6 Å². The van der Waals surface area contributed by atoms with E-state index < -0.39 is 4.92 Å². The van der Waals surface area contributed by atoms with Gasteiger partial charge in [0.2, 0.25) is 0 Å². The fraction of sp³-hybridized carbons (Fsp3) is 0. The number of nitro groups is 1. The molecule has 21 heavy (non-hydrogen) atoms. The first-order valence-electron chi connectivity index (χ1n) is 6.34. The molecule has 0 aliphatic carbocycles. The number of nitro benzene ring substituents is 1. The normalized spacial score (nSPS) is 10.5. The second-order valence-electron chi connectivity index (χ2n) is 4.59. The molecule has 3 aromatic rings. The number of nitrogens with two attached hydrogens (primary N) is 1. The van der Waals surface area contributed by atoms with Gasteiger partial charge < -0.3 is 10.2 Å². The van der Waals surface area contributed by atoms with E-state index in [2.05, 4.69) is 0 Å². The molecular formula is C16H12N2O3. The van der Waals surface area contributed by atoms with Crippen LogP contribution < -0.4 is 5.73 Å². The molecule has 104 valence electrons. The summed E-state index contributed by atoms with van der Waals surface area (Å²) in [6.07, 6.45) is 0. The van der Waals surface area contributed by atoms with Crippen LogP contribution in [0.3, 0.4) is 0 Å². The number of benzene rings is 2. The van der Waals surface area contributed by atoms with Gasteiger partial charge in [0.15, 0.2) is 0 Å². The third kappa shape index (κ3) is 2.62. The van der Waals surface area contributed by atoms with Crippen LogP contribution in [-0.2, 0) is 0 Å². The predicted octanol–water partition coefficient (Wildman–Crippen LogP) is 4.10. The van der Waals surface area contributed by atoms with Gasteiger partial charge in [-0.2, -0.15) is 0 Å². The third-order valence-electron chi connectivity index (χ3n) is 3.16. The predicted molar refractivity (Wildman–Crippen MR) is 80.6 cm³/mol. The maximum Gasteiger partial charge on any atom is 0.269 e. The van der Waals surface area contributed by atoms with E-state index in [1.165, 1.54) is 12.1 Å². The molecule has 1 heterocycles. The Morgan fingerprint density at radius 2 is 1.29 bits per heavy atom. The van der Waals surface area contributed by atoms with Crippen molar-refractivity contribution in [3.05, 3.63) is 70.8 Å². The number of nitrogen functional groups attached to an aromatic ring is 1. The zero-order valence-electron chi connectivity index (χ0n) is 11.0. The lowest BCUT2D eigenvalue weighted by atomic mass is 10.1. The number of hydrogen-bond donors (Lipinski definition) is 1. The molecule has 0 radical (unpaired) electrons. The number of nitrogens with zero attached hydrogens (tertiary/aromatic N) is 1. The van der Waals surface area contributed by atoms with Crippen LogP contribution in [0.4, 0.5) is 11.4 Å². The molecular weight excluding hydrogens is 268 g/mol. The largest absolute Gasteiger partial charge is 0.456 e. The van der Waals surface area contributed by atoms with E-state index in [4.69, 9.17) is 10.2 Å². The lowest BCUT2D eigenvalue weighted by Gasteiger charge is -1.99. The molecule has 1 aromatic heterocycles. The second kappa shape index (κ2) is 5.13. The minimum atomic E-state index is -0.425. The molecule has 0 saturated carbocycles. The molecule has 0 bridgehead atoms. The minimum Gasteiger partial charge on any atom is -0.456 e. The van der Waals surface area contributed by atoms with Gasteiger partial charge in [0.1, 0.15) is 11.5 Å². The van der Waals surface area contributed by atoms with E-state index in [9.17, 15) is 10.1 Å². The molecule has 3 rings (SSSR count). The smallest absolute Gasteiger partial charge is 0.269 e. The van der Waals surface area contributed by atoms with Crippen LogP contribution in [0, 0.1) is 10.1 Å². The summed E-state index contributed by atoms with van der Waals surface area (Å²) in [5, 5.41) is 10.6. The third-order valence-corrected chi connectivity index (χ3v) is 3.16. The van der Waals surface area contributed by atoms with Gasteiger partial charge >= 0.3 is 0 Å². The van der Waals surface area contributed by atoms with Crippen LogP contribution in [0.5, 0.6) is 0 Å². The monoisotopic (exact) mass is 280 g/mol. The minimum absolute atomic E-state index is 0.0593. The first-order valence-corrected chi connectivity index (χ1v) is 6.34. The Kier molecular flexibility index (Phi) is 3.16. The lowest BCUT2D eigenvalue weighted by molar-refractivity contribution is -0.384. The van der Waals surface area contributed by atoms with Crippen molar-refractivity contribution in [2.24, 2.45) is 0 Å². The summed E-state index contributed by atoms with van der Waals surface area (Å²) in [6.45, 7) is 0. The van der Waals surface area contributed by atoms with Crippen molar-refractivity contribution in [1.29, 1.82) is 0 Å². The summed E-state index contributed by atoms with van der Waals surface area (Å²) in [6, 6.07) is 17.3. The van der Waals surface area contributed by atoms with E-state index >= 15 is 0 Å². The second-order valence-corrected chi connectivity index (χ2v) is 4.59. The summed E-state index contributed by atoms with van der Waals surface area (Å²) in [4.78, 5) is 10.2. The number of rotatable bonds is 3. The van der Waals surface area contributed by atoms with Gasteiger partial charge in [-0.1, -0.05) is 0 Å². The molecule has 5 nitrogen and oxygen atoms in total. The number of non-ortho nitro benzene ring substituents is 1. The van der Waals surface area contributed by atoms with Crippen molar-refractivity contribution < 1.29 is 9.34 Å². The fourth-order valence-corrected chi connectivity index (χ4v) is 2.04. The average molecular weight is 280 g/mol. The highest BCUT2D eigenvalue weighted by Crippen LogP contribution is 2.29. The Hall–Kier alpha value is -3.08. The van der Waals surface area contributed by atoms with Crippen LogP contribution in [0.25, 0.3) is 22.6 Å². The number of hydrogen-bond acceptors (Lipinski definition) is 4. The lowest BCUT2D eigenvalue weighted by Crippen LogP contribution is -1.86. The Bertz CT molecular complexity index is 774. The van der Waals surface area contributed by atoms with Crippen molar-refractivity contribution in [3.63, 3.8) is 0 Å². The topological polar surface area (TPSA) is 82.3 Å². The SMILES string of the molecule is Nc1ccc(-c2ccc(-c3ccc([N+](=O)[O-])cc3)o2)cc1. The summed E-state index contributed by atoms with van der Waals surface area (Å²) < 4.78 is 5.79. The highest BCUT2D eigenvalue weighted by molar-refractivity contribution is 5.66. The molecule has 0 aliphatic rings. The van der Waals surface area contributed by atoms with E-state index in [1.807, 2.05) is 36.4 Å². The molecule has 0 atom stereocenters. The van der Waals surface area contributed by atoms with Gasteiger partial charge in [0, 0.05) is 28.9 Å². The first-order chi connectivity index (χ1) is 10.1. The Morgan fingerprint density at radius 3 is 1.76 bits per heavy atom. The molecule has 2 aromatic carbocycles. The van der Waals surface area contributed by atoms with Gasteiger partial charge in [0.25, 0.3) is 5.69 Å². The maximum atomic E-state index is 10.6. The van der Waals surface area contributed by atoms with Crippen LogP contribution in [0.1, 0.15) is 0 Å². The van der Waals surface area contributed by atoms with Gasteiger partial charge in [-0.05, 0) is 48.5 Å². The van der Waals surface area contributed by atoms with Crippen molar-refractivity contribution in [2.75, 3.05) is 5.73 Å². The average Bonchev–Trinajstić information content (AvgIpc) is 2.98. The Balaban J connectivity index is 1.90. The summed E-state index contributed by atoms with van der Waals surface area (Å²) >= 11 is 0. The highest BCUT2D eigenvalue weighted by atomic mass is 16.6. The fourth-order valence-electron chi connectivity index (χ4n) is 2.04. The number of anilines is 1. The van der Waals surface area contributed by atoms with Gasteiger partial charge in [-0.3, -0.25) is 10.1 Å². The molecule has 0 fully saturated rings.